The van der Waals surface area contributed by atoms with Gasteiger partial charge in [0.2, 0.25) is 0 Å². The summed E-state index contributed by atoms with van der Waals surface area (Å²) >= 11 is 0. The number of hydrogen-bond acceptors (Lipinski definition) is 4. The molecule has 1 aromatic carbocycles. The smallest absolute Gasteiger partial charge is 0.124 e. The van der Waals surface area contributed by atoms with E-state index in [0.717, 1.165) is 57.6 Å². The van der Waals surface area contributed by atoms with Crippen molar-refractivity contribution in [3.63, 3.8) is 0 Å². The van der Waals surface area contributed by atoms with Crippen LogP contribution in [0.3, 0.4) is 0 Å². The predicted molar refractivity (Wildman–Crippen MR) is 110 cm³/mol. The number of benzene rings is 1. The molecule has 148 valence electrons. The molecule has 2 aromatic rings. The molecule has 0 amide bonds. The molecule has 0 radical (unpaired) electrons. The summed E-state index contributed by atoms with van der Waals surface area (Å²) in [6, 6.07) is 9.16. The molecule has 1 N–H and O–H groups in total. The van der Waals surface area contributed by atoms with Gasteiger partial charge in [0, 0.05) is 32.2 Å². The van der Waals surface area contributed by atoms with E-state index in [-0.39, 0.29) is 6.10 Å². The van der Waals surface area contributed by atoms with Gasteiger partial charge in [-0.1, -0.05) is 26.0 Å². The number of para-hydroxylation sites is 2. The zero-order chi connectivity index (χ0) is 18.8. The van der Waals surface area contributed by atoms with Gasteiger partial charge in [-0.05, 0) is 50.3 Å². The fourth-order valence-electron chi connectivity index (χ4n) is 4.77. The van der Waals surface area contributed by atoms with Crippen LogP contribution in [0.5, 0.6) is 0 Å². The molecule has 2 aliphatic heterocycles. The molecule has 1 aromatic heterocycles. The van der Waals surface area contributed by atoms with Crippen molar-refractivity contribution in [3.05, 3.63) is 30.1 Å². The molecule has 0 unspecified atom stereocenters. The van der Waals surface area contributed by atoms with Crippen LogP contribution in [0.15, 0.2) is 24.3 Å². The van der Waals surface area contributed by atoms with Crippen molar-refractivity contribution >= 4 is 11.0 Å². The lowest BCUT2D eigenvalue weighted by Crippen LogP contribution is -2.49. The highest BCUT2D eigenvalue weighted by Crippen LogP contribution is 2.24. The van der Waals surface area contributed by atoms with Crippen molar-refractivity contribution in [2.45, 2.75) is 64.8 Å². The van der Waals surface area contributed by atoms with Crippen LogP contribution in [0.25, 0.3) is 11.0 Å². The van der Waals surface area contributed by atoms with Crippen molar-refractivity contribution in [2.24, 2.45) is 5.92 Å². The van der Waals surface area contributed by atoms with Crippen molar-refractivity contribution in [2.75, 3.05) is 26.2 Å². The van der Waals surface area contributed by atoms with E-state index in [4.69, 9.17) is 4.98 Å². The second-order valence-electron chi connectivity index (χ2n) is 8.82. The summed E-state index contributed by atoms with van der Waals surface area (Å²) in [6.45, 7) is 10.8. The van der Waals surface area contributed by atoms with Gasteiger partial charge in [-0.3, -0.25) is 9.80 Å². The third-order valence-corrected chi connectivity index (χ3v) is 6.15. The summed E-state index contributed by atoms with van der Waals surface area (Å²) in [7, 11) is 0. The molecule has 0 bridgehead atoms. The molecule has 3 heterocycles. The Kier molecular flexibility index (Phi) is 5.81. The van der Waals surface area contributed by atoms with Gasteiger partial charge in [0.1, 0.15) is 5.82 Å². The van der Waals surface area contributed by atoms with E-state index in [1.54, 1.807) is 0 Å². The van der Waals surface area contributed by atoms with E-state index < -0.39 is 0 Å². The van der Waals surface area contributed by atoms with E-state index in [1.165, 1.54) is 24.2 Å². The van der Waals surface area contributed by atoms with Gasteiger partial charge in [-0.25, -0.2) is 4.98 Å². The van der Waals surface area contributed by atoms with Gasteiger partial charge in [0.05, 0.1) is 23.7 Å². The number of piperidine rings is 2. The van der Waals surface area contributed by atoms with Crippen LogP contribution in [0.1, 0.15) is 45.4 Å². The first-order valence-corrected chi connectivity index (χ1v) is 10.7. The van der Waals surface area contributed by atoms with Gasteiger partial charge in [0.15, 0.2) is 0 Å². The van der Waals surface area contributed by atoms with Crippen LogP contribution in [0, 0.1) is 5.92 Å². The lowest BCUT2D eigenvalue weighted by Gasteiger charge is -2.41. The van der Waals surface area contributed by atoms with Crippen LogP contribution < -0.4 is 0 Å². The number of nitrogens with zero attached hydrogens (tertiary/aromatic N) is 4. The summed E-state index contributed by atoms with van der Waals surface area (Å²) < 4.78 is 2.42. The number of imidazole rings is 1. The minimum Gasteiger partial charge on any atom is -0.392 e. The number of aliphatic hydroxyl groups is 1. The SMILES string of the molecule is CC(C)Cn1c(CN2CCC(N3CCC[C@H](O)C3)CC2)nc2ccccc21. The maximum atomic E-state index is 9.97. The normalized spacial score (nSPS) is 23.5. The van der Waals surface area contributed by atoms with Gasteiger partial charge in [0.25, 0.3) is 0 Å². The second-order valence-corrected chi connectivity index (χ2v) is 8.82. The molecular formula is C22H34N4O. The fraction of sp³-hybridized carbons (Fsp3) is 0.682. The quantitative estimate of drug-likeness (QED) is 0.878. The minimum absolute atomic E-state index is 0.118. The van der Waals surface area contributed by atoms with Crippen molar-refractivity contribution in [1.82, 2.24) is 19.4 Å². The Bertz CT molecular complexity index is 748. The van der Waals surface area contributed by atoms with E-state index in [9.17, 15) is 5.11 Å². The van der Waals surface area contributed by atoms with E-state index in [1.807, 2.05) is 0 Å². The average molecular weight is 371 g/mol. The molecule has 0 spiro atoms. The average Bonchev–Trinajstić information content (AvgIpc) is 2.99. The highest BCUT2D eigenvalue weighted by Gasteiger charge is 2.28. The summed E-state index contributed by atoms with van der Waals surface area (Å²) in [5, 5.41) is 9.97. The van der Waals surface area contributed by atoms with Crippen LogP contribution in [-0.4, -0.2) is 62.8 Å². The summed E-state index contributed by atoms with van der Waals surface area (Å²) in [5.41, 5.74) is 2.38. The Morgan fingerprint density at radius 2 is 1.89 bits per heavy atom. The Hall–Kier alpha value is -1.43. The second kappa shape index (κ2) is 8.29. The Morgan fingerprint density at radius 3 is 2.63 bits per heavy atom. The zero-order valence-corrected chi connectivity index (χ0v) is 16.8. The topological polar surface area (TPSA) is 44.5 Å². The lowest BCUT2D eigenvalue weighted by atomic mass is 9.99. The lowest BCUT2D eigenvalue weighted by molar-refractivity contribution is 0.0239. The predicted octanol–water partition coefficient (Wildman–Crippen LogP) is 3.11. The molecule has 0 saturated carbocycles. The third kappa shape index (κ3) is 4.36. The van der Waals surface area contributed by atoms with Crippen molar-refractivity contribution in [3.8, 4) is 0 Å². The number of likely N-dealkylation sites (tertiary alicyclic amines) is 2. The number of aliphatic hydroxyl groups excluding tert-OH is 1. The number of β-amino-alcohol motifs (C(OH)–C–C–N with tert-alkyl or cyclic N) is 1. The van der Waals surface area contributed by atoms with Crippen LogP contribution >= 0.6 is 0 Å². The molecule has 0 aliphatic carbocycles. The van der Waals surface area contributed by atoms with Gasteiger partial charge >= 0.3 is 0 Å². The zero-order valence-electron chi connectivity index (χ0n) is 16.8. The molecular weight excluding hydrogens is 336 g/mol. The number of fused-ring (bicyclic) bond motifs is 1. The van der Waals surface area contributed by atoms with E-state index in [0.29, 0.717) is 12.0 Å². The van der Waals surface area contributed by atoms with E-state index in [2.05, 4.69) is 52.5 Å². The Labute approximate surface area is 163 Å². The third-order valence-electron chi connectivity index (χ3n) is 6.15. The molecule has 27 heavy (non-hydrogen) atoms. The number of hydrogen-bond donors (Lipinski definition) is 1. The number of aromatic nitrogens is 2. The maximum Gasteiger partial charge on any atom is 0.124 e. The first-order chi connectivity index (χ1) is 13.1. The van der Waals surface area contributed by atoms with Crippen molar-refractivity contribution < 1.29 is 5.11 Å². The molecule has 5 heteroatoms. The fourth-order valence-corrected chi connectivity index (χ4v) is 4.77. The summed E-state index contributed by atoms with van der Waals surface area (Å²) in [6.07, 6.45) is 4.41. The monoisotopic (exact) mass is 370 g/mol. The standard InChI is InChI=1S/C22H34N4O/c1-17(2)14-26-21-8-4-3-7-20(21)23-22(26)16-24-12-9-18(10-13-24)25-11-5-6-19(27)15-25/h3-4,7-8,17-19,27H,5-6,9-16H2,1-2H3/t19-/m0/s1. The molecule has 2 saturated heterocycles. The summed E-state index contributed by atoms with van der Waals surface area (Å²) in [4.78, 5) is 10.0. The first-order valence-electron chi connectivity index (χ1n) is 10.7. The van der Waals surface area contributed by atoms with Gasteiger partial charge in [-0.2, -0.15) is 0 Å². The largest absolute Gasteiger partial charge is 0.392 e. The van der Waals surface area contributed by atoms with Crippen LogP contribution in [0.2, 0.25) is 0 Å². The number of rotatable bonds is 5. The highest BCUT2D eigenvalue weighted by molar-refractivity contribution is 5.75. The van der Waals surface area contributed by atoms with Gasteiger partial charge in [-0.15, -0.1) is 0 Å². The van der Waals surface area contributed by atoms with Crippen LogP contribution in [0.4, 0.5) is 0 Å². The van der Waals surface area contributed by atoms with Gasteiger partial charge < -0.3 is 9.67 Å². The summed E-state index contributed by atoms with van der Waals surface area (Å²) in [5.74, 6) is 1.81. The molecule has 1 atom stereocenters. The molecule has 5 nitrogen and oxygen atoms in total. The van der Waals surface area contributed by atoms with Crippen molar-refractivity contribution in [1.29, 1.82) is 0 Å². The molecule has 4 rings (SSSR count). The Morgan fingerprint density at radius 1 is 1.11 bits per heavy atom. The maximum absolute atomic E-state index is 9.97. The van der Waals surface area contributed by atoms with Crippen LogP contribution in [-0.2, 0) is 13.1 Å². The minimum atomic E-state index is -0.118. The Balaban J connectivity index is 1.41. The highest BCUT2D eigenvalue weighted by atomic mass is 16.3. The molecule has 2 fully saturated rings. The van der Waals surface area contributed by atoms with E-state index >= 15 is 0 Å². The molecule has 2 aliphatic rings. The first kappa shape index (κ1) is 18.9.